The molecule has 4 aromatic carbocycles. The lowest BCUT2D eigenvalue weighted by molar-refractivity contribution is 0.480. The highest BCUT2D eigenvalue weighted by Gasteiger charge is 2.21. The molecule has 0 fully saturated rings. The van der Waals surface area contributed by atoms with Crippen LogP contribution in [0.5, 0.6) is 0 Å². The Kier molecular flexibility index (Phi) is 9.46. The number of hydrogen-bond acceptors (Lipinski definition) is 14. The Bertz CT molecular complexity index is 2900. The number of nitrogens with zero attached hydrogens (tertiary/aromatic N) is 4. The number of anilines is 4. The number of nitrogen functional groups attached to an aromatic ring is 2. The Labute approximate surface area is 294 Å². The van der Waals surface area contributed by atoms with Gasteiger partial charge in [-0.2, -0.15) is 32.2 Å². The fourth-order valence-electron chi connectivity index (χ4n) is 5.06. The second-order valence-corrected chi connectivity index (χ2v) is 13.9. The molecule has 0 amide bonds. The molecule has 262 valence electrons. The third kappa shape index (κ3) is 7.59. The van der Waals surface area contributed by atoms with E-state index in [2.05, 4.69) is 31.3 Å². The lowest BCUT2D eigenvalue weighted by Gasteiger charge is -2.06. The van der Waals surface area contributed by atoms with E-state index in [0.717, 1.165) is 23.3 Å². The zero-order valence-corrected chi connectivity index (χ0v) is 28.2. The summed E-state index contributed by atoms with van der Waals surface area (Å²) in [5.74, 6) is 0. The average Bonchev–Trinajstić information content (AvgIpc) is 3.10. The zero-order chi connectivity index (χ0) is 37.2. The Hall–Kier alpha value is -6.60. The van der Waals surface area contributed by atoms with Crippen LogP contribution in [-0.4, -0.2) is 25.9 Å². The van der Waals surface area contributed by atoms with Crippen molar-refractivity contribution in [1.82, 2.24) is 0 Å². The van der Waals surface area contributed by atoms with Gasteiger partial charge in [-0.05, 0) is 83.1 Å². The van der Waals surface area contributed by atoms with Crippen molar-refractivity contribution < 1.29 is 25.9 Å². The maximum absolute atomic E-state index is 13.6. The van der Waals surface area contributed by atoms with E-state index in [1.165, 1.54) is 0 Å². The van der Waals surface area contributed by atoms with Gasteiger partial charge in [0.15, 0.2) is 5.36 Å². The van der Waals surface area contributed by atoms with Gasteiger partial charge in [-0.25, -0.2) is 0 Å². The van der Waals surface area contributed by atoms with Crippen LogP contribution in [0.1, 0.15) is 0 Å². The van der Waals surface area contributed by atoms with Crippen LogP contribution < -0.4 is 43.8 Å². The van der Waals surface area contributed by atoms with Crippen molar-refractivity contribution in [2.24, 2.45) is 20.4 Å². The second-order valence-electron chi connectivity index (χ2n) is 11.2. The minimum absolute atomic E-state index is 0.350. The maximum Gasteiger partial charge on any atom is 0.296 e. The van der Waals surface area contributed by atoms with Crippen molar-refractivity contribution in [2.45, 2.75) is 9.79 Å². The molecule has 0 heterocycles. The molecule has 2 aliphatic carbocycles. The molecule has 0 aliphatic heterocycles. The molecule has 9 N–H and O–H groups in total. The van der Waals surface area contributed by atoms with Crippen molar-refractivity contribution in [1.29, 1.82) is 5.41 Å². The Morgan fingerprint density at radius 1 is 0.635 bits per heavy atom. The van der Waals surface area contributed by atoms with Gasteiger partial charge in [-0.3, -0.25) is 30.2 Å². The lowest BCUT2D eigenvalue weighted by Crippen LogP contribution is -2.41. The Morgan fingerprint density at radius 3 is 1.75 bits per heavy atom. The Morgan fingerprint density at radius 2 is 1.17 bits per heavy atom. The standard InChI is InChI=1S/C34H27N9O7S2/c35-22-10-15-27(26(36)18-22)41-38-24-11-6-19(7-12-24)20-8-13-25(14-9-20)40-42-32-28(51(45,46)47)16-21-17-29(52(48,49)50)33(34(44)30(21)31(32)37)43-39-23-4-2-1-3-5-23/h1-18,37,39-40H,35-36H2,(H,45,46,47)(H,48,49,50). The summed E-state index contributed by atoms with van der Waals surface area (Å²) in [6.45, 7) is 0. The third-order valence-corrected chi connectivity index (χ3v) is 9.33. The summed E-state index contributed by atoms with van der Waals surface area (Å²) in [4.78, 5) is 11.8. The molecule has 16 nitrogen and oxygen atoms in total. The molecular formula is C34H27N9O7S2. The molecule has 0 unspecified atom stereocenters. The highest BCUT2D eigenvalue weighted by molar-refractivity contribution is 7.86. The molecule has 52 heavy (non-hydrogen) atoms. The molecule has 0 radical (unpaired) electrons. The van der Waals surface area contributed by atoms with Gasteiger partial charge >= 0.3 is 0 Å². The summed E-state index contributed by atoms with van der Waals surface area (Å²) in [6, 6.07) is 28.6. The highest BCUT2D eigenvalue weighted by Crippen LogP contribution is 2.28. The van der Waals surface area contributed by atoms with Crippen LogP contribution in [0.2, 0.25) is 0 Å². The normalized spacial score (nSPS) is 12.8. The van der Waals surface area contributed by atoms with Gasteiger partial charge in [0.2, 0.25) is 5.43 Å². The van der Waals surface area contributed by atoms with E-state index >= 15 is 0 Å². The van der Waals surface area contributed by atoms with Crippen molar-refractivity contribution in [2.75, 3.05) is 22.3 Å². The molecule has 0 saturated carbocycles. The number of hydrogen-bond donors (Lipinski definition) is 7. The van der Waals surface area contributed by atoms with E-state index in [9.17, 15) is 30.7 Å². The first-order valence-electron chi connectivity index (χ1n) is 15.0. The summed E-state index contributed by atoms with van der Waals surface area (Å²) in [7, 11) is -10.1. The summed E-state index contributed by atoms with van der Waals surface area (Å²) in [6.07, 6.45) is 0. The van der Waals surface area contributed by atoms with Crippen molar-refractivity contribution in [3.63, 3.8) is 0 Å². The fourth-order valence-corrected chi connectivity index (χ4v) is 6.39. The molecule has 0 spiro atoms. The first-order chi connectivity index (χ1) is 24.7. The molecule has 0 saturated heterocycles. The zero-order valence-electron chi connectivity index (χ0n) is 26.6. The SMILES string of the molecule is N=c1c(=NNc2ccc(-c3ccc(N=Nc4ccc(N)cc4N)cc3)cc2)c(S(=O)(=O)O)cc2cc(S(=O)(=O)O)c(=NNc3ccccc3)c(=O)c1=2. The quantitative estimate of drug-likeness (QED) is 0.0486. The van der Waals surface area contributed by atoms with Crippen LogP contribution in [-0.2, 0) is 20.2 Å². The lowest BCUT2D eigenvalue weighted by atomic mass is 10.1. The number of rotatable bonds is 9. The second kappa shape index (κ2) is 14.0. The topological polar surface area (TPSA) is 275 Å². The summed E-state index contributed by atoms with van der Waals surface area (Å²) in [5, 5.41) is 22.0. The van der Waals surface area contributed by atoms with Gasteiger partial charge in [0, 0.05) is 5.69 Å². The summed E-state index contributed by atoms with van der Waals surface area (Å²) < 4.78 is 69.2. The summed E-state index contributed by atoms with van der Waals surface area (Å²) in [5.41, 5.74) is 20.0. The number of para-hydroxylation sites is 1. The van der Waals surface area contributed by atoms with Gasteiger partial charge in [0.05, 0.1) is 33.3 Å². The molecule has 0 bridgehead atoms. The number of nitrogens with one attached hydrogen (secondary N) is 3. The molecule has 4 aromatic rings. The van der Waals surface area contributed by atoms with Gasteiger partial charge in [-0.15, -0.1) is 5.11 Å². The number of nitrogens with two attached hydrogens (primary N) is 2. The smallest absolute Gasteiger partial charge is 0.296 e. The molecule has 2 aliphatic rings. The predicted octanol–water partition coefficient (Wildman–Crippen LogP) is 3.72. The third-order valence-electron chi connectivity index (χ3n) is 7.59. The maximum atomic E-state index is 13.6. The largest absolute Gasteiger partial charge is 0.399 e. The summed E-state index contributed by atoms with van der Waals surface area (Å²) >= 11 is 0. The van der Waals surface area contributed by atoms with Crippen molar-refractivity contribution in [3.8, 4) is 11.1 Å². The van der Waals surface area contributed by atoms with Gasteiger partial charge in [-0.1, -0.05) is 42.5 Å². The van der Waals surface area contributed by atoms with E-state index in [1.807, 2.05) is 12.1 Å². The first-order valence-corrected chi connectivity index (χ1v) is 17.8. The van der Waals surface area contributed by atoms with Gasteiger partial charge in [0.25, 0.3) is 20.2 Å². The van der Waals surface area contributed by atoms with Crippen LogP contribution in [0.15, 0.2) is 144 Å². The number of benzene rings is 4. The van der Waals surface area contributed by atoms with E-state index < -0.39 is 56.7 Å². The van der Waals surface area contributed by atoms with Crippen LogP contribution in [0.25, 0.3) is 11.1 Å². The van der Waals surface area contributed by atoms with Crippen LogP contribution >= 0.6 is 0 Å². The average molecular weight is 738 g/mol. The molecule has 18 heteroatoms. The van der Waals surface area contributed by atoms with Crippen LogP contribution in [0.4, 0.5) is 34.1 Å². The van der Waals surface area contributed by atoms with Crippen LogP contribution in [0.3, 0.4) is 0 Å². The van der Waals surface area contributed by atoms with E-state index in [4.69, 9.17) is 16.9 Å². The van der Waals surface area contributed by atoms with E-state index in [-0.39, 0.29) is 5.22 Å². The highest BCUT2D eigenvalue weighted by atomic mass is 32.2. The van der Waals surface area contributed by atoms with Crippen molar-refractivity contribution >= 4 is 54.4 Å². The van der Waals surface area contributed by atoms with Crippen LogP contribution in [0, 0.1) is 15.8 Å². The fraction of sp³-hybridized carbons (Fsp3) is 0. The van der Waals surface area contributed by atoms with E-state index in [0.29, 0.717) is 34.1 Å². The van der Waals surface area contributed by atoms with E-state index in [1.54, 1.807) is 84.9 Å². The van der Waals surface area contributed by atoms with Gasteiger partial charge in [0.1, 0.15) is 20.8 Å². The predicted molar refractivity (Wildman–Crippen MR) is 192 cm³/mol. The Balaban J connectivity index is 1.35. The van der Waals surface area contributed by atoms with Crippen molar-refractivity contribution in [3.05, 3.63) is 146 Å². The molecule has 0 aromatic heterocycles. The number of azo groups is 1. The van der Waals surface area contributed by atoms with Gasteiger partial charge < -0.3 is 11.5 Å². The minimum atomic E-state index is -5.07. The molecule has 0 atom stereocenters. The first kappa shape index (κ1) is 35.2. The monoisotopic (exact) mass is 737 g/mol. The molecule has 6 rings (SSSR count). The molecular weight excluding hydrogens is 711 g/mol. The minimum Gasteiger partial charge on any atom is -0.399 e.